The number of phenols is 1. The first-order chi connectivity index (χ1) is 8.58. The zero-order chi connectivity index (χ0) is 13.1. The van der Waals surface area contributed by atoms with Crippen LogP contribution in [0.3, 0.4) is 0 Å². The minimum absolute atomic E-state index is 0.0815. The first-order valence-electron chi connectivity index (χ1n) is 5.35. The molecule has 0 aliphatic carbocycles. The number of hydrogen-bond donors (Lipinski definition) is 1. The van der Waals surface area contributed by atoms with Gasteiger partial charge in [0.1, 0.15) is 23.1 Å². The number of aliphatic imine (C=N–C) groups is 1. The lowest BCUT2D eigenvalue weighted by Gasteiger charge is -2.02. The number of para-hydroxylation sites is 1. The smallest absolute Gasteiger partial charge is 0.149 e. The van der Waals surface area contributed by atoms with Crippen molar-refractivity contribution < 1.29 is 13.9 Å². The van der Waals surface area contributed by atoms with Crippen LogP contribution < -0.4 is 0 Å². The van der Waals surface area contributed by atoms with Gasteiger partial charge in [0, 0.05) is 17.8 Å². The Morgan fingerprint density at radius 3 is 2.72 bits per heavy atom. The number of aryl methyl sites for hydroxylation is 1. The van der Waals surface area contributed by atoms with Crippen molar-refractivity contribution in [3.8, 4) is 5.75 Å². The lowest BCUT2D eigenvalue weighted by Crippen LogP contribution is -1.86. The third-order valence-electron chi connectivity index (χ3n) is 2.52. The summed E-state index contributed by atoms with van der Waals surface area (Å²) in [4.78, 5) is 3.84. The molecule has 0 bridgehead atoms. The summed E-state index contributed by atoms with van der Waals surface area (Å²) in [6, 6.07) is 8.17. The molecule has 0 amide bonds. The van der Waals surface area contributed by atoms with Crippen LogP contribution in [0.1, 0.15) is 11.1 Å². The van der Waals surface area contributed by atoms with Crippen molar-refractivity contribution in [1.82, 2.24) is 0 Å². The van der Waals surface area contributed by atoms with Gasteiger partial charge < -0.3 is 5.11 Å². The van der Waals surface area contributed by atoms with Crippen molar-refractivity contribution in [1.29, 1.82) is 0 Å². The number of hydrogen-bond acceptors (Lipinski definition) is 2. The van der Waals surface area contributed by atoms with Gasteiger partial charge in [0.2, 0.25) is 0 Å². The zero-order valence-electron chi connectivity index (χ0n) is 9.69. The minimum atomic E-state index is -0.611. The van der Waals surface area contributed by atoms with Crippen molar-refractivity contribution in [2.75, 3.05) is 0 Å². The second kappa shape index (κ2) is 4.96. The van der Waals surface area contributed by atoms with E-state index < -0.39 is 11.6 Å². The van der Waals surface area contributed by atoms with Gasteiger partial charge in [-0.2, -0.15) is 0 Å². The van der Waals surface area contributed by atoms with Gasteiger partial charge in [0.05, 0.1) is 0 Å². The van der Waals surface area contributed by atoms with E-state index in [1.807, 2.05) is 0 Å². The molecule has 0 spiro atoms. The van der Waals surface area contributed by atoms with Crippen LogP contribution >= 0.6 is 0 Å². The molecule has 2 rings (SSSR count). The van der Waals surface area contributed by atoms with Gasteiger partial charge in [-0.15, -0.1) is 0 Å². The van der Waals surface area contributed by atoms with E-state index in [1.165, 1.54) is 6.21 Å². The molecule has 2 nitrogen and oxygen atoms in total. The summed E-state index contributed by atoms with van der Waals surface area (Å²) in [7, 11) is 0. The molecule has 0 unspecified atom stereocenters. The SMILES string of the molecule is Cc1cccc(C=Nc2cc(F)ccc2F)c1O. The number of phenolic OH excluding ortho intramolecular Hbond substituents is 1. The number of aromatic hydroxyl groups is 1. The van der Waals surface area contributed by atoms with E-state index in [2.05, 4.69) is 4.99 Å². The van der Waals surface area contributed by atoms with E-state index in [1.54, 1.807) is 25.1 Å². The molecule has 92 valence electrons. The molecule has 0 aliphatic rings. The molecular formula is C14H11F2NO. The highest BCUT2D eigenvalue weighted by molar-refractivity contribution is 5.85. The summed E-state index contributed by atoms with van der Waals surface area (Å²) < 4.78 is 26.2. The average Bonchev–Trinajstić information content (AvgIpc) is 2.35. The van der Waals surface area contributed by atoms with Gasteiger partial charge in [-0.3, -0.25) is 4.99 Å². The summed E-state index contributed by atoms with van der Waals surface area (Å²) in [5.41, 5.74) is 1.05. The Labute approximate surface area is 103 Å². The quantitative estimate of drug-likeness (QED) is 0.806. The molecule has 2 aromatic rings. The second-order valence-corrected chi connectivity index (χ2v) is 3.87. The van der Waals surface area contributed by atoms with Crippen LogP contribution in [0.4, 0.5) is 14.5 Å². The fourth-order valence-electron chi connectivity index (χ4n) is 1.51. The van der Waals surface area contributed by atoms with Crippen LogP contribution in [0.25, 0.3) is 0 Å². The Morgan fingerprint density at radius 2 is 1.94 bits per heavy atom. The minimum Gasteiger partial charge on any atom is -0.507 e. The standard InChI is InChI=1S/C14H11F2NO/c1-9-3-2-4-10(14(9)18)8-17-13-7-11(15)5-6-12(13)16/h2-8,18H,1H3. The molecule has 2 aromatic carbocycles. The van der Waals surface area contributed by atoms with Gasteiger partial charge in [0.15, 0.2) is 0 Å². The second-order valence-electron chi connectivity index (χ2n) is 3.87. The topological polar surface area (TPSA) is 32.6 Å². The van der Waals surface area contributed by atoms with Crippen molar-refractivity contribution in [3.05, 3.63) is 59.2 Å². The normalized spacial score (nSPS) is 11.1. The largest absolute Gasteiger partial charge is 0.507 e. The van der Waals surface area contributed by atoms with Crippen LogP contribution in [0, 0.1) is 18.6 Å². The Morgan fingerprint density at radius 1 is 1.17 bits per heavy atom. The fourth-order valence-corrected chi connectivity index (χ4v) is 1.51. The highest BCUT2D eigenvalue weighted by Crippen LogP contribution is 2.22. The fraction of sp³-hybridized carbons (Fsp3) is 0.0714. The lowest BCUT2D eigenvalue weighted by atomic mass is 10.1. The summed E-state index contributed by atoms with van der Waals surface area (Å²) in [6.07, 6.45) is 1.31. The summed E-state index contributed by atoms with van der Waals surface area (Å²) in [5, 5.41) is 9.74. The molecule has 1 N–H and O–H groups in total. The molecule has 18 heavy (non-hydrogen) atoms. The molecule has 0 aliphatic heterocycles. The van der Waals surface area contributed by atoms with Crippen molar-refractivity contribution in [3.63, 3.8) is 0 Å². The zero-order valence-corrected chi connectivity index (χ0v) is 9.69. The summed E-state index contributed by atoms with van der Waals surface area (Å²) >= 11 is 0. The molecular weight excluding hydrogens is 236 g/mol. The first kappa shape index (κ1) is 12.2. The molecule has 0 atom stereocenters. The molecule has 0 fully saturated rings. The van der Waals surface area contributed by atoms with E-state index in [9.17, 15) is 13.9 Å². The highest BCUT2D eigenvalue weighted by atomic mass is 19.1. The Hall–Kier alpha value is -2.23. The maximum absolute atomic E-state index is 13.3. The van der Waals surface area contributed by atoms with E-state index >= 15 is 0 Å². The predicted octanol–water partition coefficient (Wildman–Crippen LogP) is 3.73. The van der Waals surface area contributed by atoms with Gasteiger partial charge in [-0.1, -0.05) is 12.1 Å². The number of halogens is 2. The van der Waals surface area contributed by atoms with E-state index in [4.69, 9.17) is 0 Å². The van der Waals surface area contributed by atoms with Gasteiger partial charge >= 0.3 is 0 Å². The lowest BCUT2D eigenvalue weighted by molar-refractivity contribution is 0.470. The van der Waals surface area contributed by atoms with Gasteiger partial charge in [0.25, 0.3) is 0 Å². The summed E-state index contributed by atoms with van der Waals surface area (Å²) in [6.45, 7) is 1.75. The molecule has 0 heterocycles. The van der Waals surface area contributed by atoms with Crippen LogP contribution in [-0.4, -0.2) is 11.3 Å². The highest BCUT2D eigenvalue weighted by Gasteiger charge is 2.03. The Kier molecular flexibility index (Phi) is 3.37. The van der Waals surface area contributed by atoms with Crippen LogP contribution in [0.15, 0.2) is 41.4 Å². The van der Waals surface area contributed by atoms with Gasteiger partial charge in [-0.25, -0.2) is 8.78 Å². The summed E-state index contributed by atoms with van der Waals surface area (Å²) in [5.74, 6) is -1.09. The maximum Gasteiger partial charge on any atom is 0.149 e. The predicted molar refractivity (Wildman–Crippen MR) is 66.5 cm³/mol. The van der Waals surface area contributed by atoms with Crippen molar-refractivity contribution >= 4 is 11.9 Å². The van der Waals surface area contributed by atoms with Crippen LogP contribution in [0.5, 0.6) is 5.75 Å². The van der Waals surface area contributed by atoms with Gasteiger partial charge in [-0.05, 0) is 30.7 Å². The maximum atomic E-state index is 13.3. The van der Waals surface area contributed by atoms with Crippen molar-refractivity contribution in [2.24, 2.45) is 4.99 Å². The molecule has 4 heteroatoms. The number of rotatable bonds is 2. The molecule has 0 radical (unpaired) electrons. The third-order valence-corrected chi connectivity index (χ3v) is 2.52. The van der Waals surface area contributed by atoms with E-state index in [-0.39, 0.29) is 11.4 Å². The molecule has 0 saturated carbocycles. The number of benzene rings is 2. The van der Waals surface area contributed by atoms with Crippen LogP contribution in [0.2, 0.25) is 0 Å². The number of nitrogens with zero attached hydrogens (tertiary/aromatic N) is 1. The van der Waals surface area contributed by atoms with Crippen LogP contribution in [-0.2, 0) is 0 Å². The Bertz CT molecular complexity index is 605. The Balaban J connectivity index is 2.36. The van der Waals surface area contributed by atoms with Crippen molar-refractivity contribution in [2.45, 2.75) is 6.92 Å². The monoisotopic (exact) mass is 247 g/mol. The molecule has 0 saturated heterocycles. The van der Waals surface area contributed by atoms with E-state index in [0.717, 1.165) is 18.2 Å². The average molecular weight is 247 g/mol. The molecule has 0 aromatic heterocycles. The third kappa shape index (κ3) is 2.53. The first-order valence-corrected chi connectivity index (χ1v) is 5.35. The van der Waals surface area contributed by atoms with E-state index in [0.29, 0.717) is 11.1 Å².